The first-order valence-corrected chi connectivity index (χ1v) is 6.63. The molecule has 0 bridgehead atoms. The van der Waals surface area contributed by atoms with Crippen molar-refractivity contribution in [3.05, 3.63) is 11.9 Å². The zero-order chi connectivity index (χ0) is 13.7. The molecule has 1 aliphatic rings. The summed E-state index contributed by atoms with van der Waals surface area (Å²) in [6, 6.07) is 0. The number of carbonyl (C=O) groups is 1. The number of ether oxygens (including phenoxy) is 1. The van der Waals surface area contributed by atoms with Crippen molar-refractivity contribution < 1.29 is 9.53 Å². The minimum atomic E-state index is 0.00245. The Balaban J connectivity index is 1.81. The fourth-order valence-electron chi connectivity index (χ4n) is 2.13. The molecular formula is C12H21N5O2. The van der Waals surface area contributed by atoms with Gasteiger partial charge in [-0.3, -0.25) is 4.79 Å². The normalized spacial score (nSPS) is 19.4. The van der Waals surface area contributed by atoms with Crippen LogP contribution < -0.4 is 5.73 Å². The van der Waals surface area contributed by atoms with E-state index >= 15 is 0 Å². The van der Waals surface area contributed by atoms with Gasteiger partial charge in [-0.2, -0.15) is 0 Å². The van der Waals surface area contributed by atoms with E-state index in [1.54, 1.807) is 18.1 Å². The van der Waals surface area contributed by atoms with Crippen LogP contribution in [0.15, 0.2) is 6.20 Å². The summed E-state index contributed by atoms with van der Waals surface area (Å²) in [6.07, 6.45) is 5.18. The summed E-state index contributed by atoms with van der Waals surface area (Å²) in [5.74, 6) is 0.00245. The highest BCUT2D eigenvalue weighted by atomic mass is 16.5. The number of amides is 1. The van der Waals surface area contributed by atoms with Crippen molar-refractivity contribution in [1.29, 1.82) is 0 Å². The SMILES string of the molecule is CN(CC1CCCCO1)C(=O)Cn1cc(CN)nn1. The van der Waals surface area contributed by atoms with Gasteiger partial charge < -0.3 is 15.4 Å². The van der Waals surface area contributed by atoms with Gasteiger partial charge in [-0.25, -0.2) is 4.68 Å². The van der Waals surface area contributed by atoms with Gasteiger partial charge in [0, 0.05) is 26.7 Å². The van der Waals surface area contributed by atoms with Gasteiger partial charge in [0.15, 0.2) is 0 Å². The van der Waals surface area contributed by atoms with Crippen LogP contribution in [0.3, 0.4) is 0 Å². The minimum absolute atomic E-state index is 0.00245. The summed E-state index contributed by atoms with van der Waals surface area (Å²) in [7, 11) is 1.79. The summed E-state index contributed by atoms with van der Waals surface area (Å²) >= 11 is 0. The second-order valence-corrected chi connectivity index (χ2v) is 4.87. The maximum absolute atomic E-state index is 12.0. The smallest absolute Gasteiger partial charge is 0.244 e. The minimum Gasteiger partial charge on any atom is -0.376 e. The molecule has 1 amide bonds. The average molecular weight is 267 g/mol. The first kappa shape index (κ1) is 14.0. The van der Waals surface area contributed by atoms with Gasteiger partial charge in [-0.15, -0.1) is 5.10 Å². The Morgan fingerprint density at radius 2 is 2.47 bits per heavy atom. The van der Waals surface area contributed by atoms with Crippen molar-refractivity contribution in [2.45, 2.75) is 38.5 Å². The molecule has 1 saturated heterocycles. The van der Waals surface area contributed by atoms with Crippen LogP contribution in [0.2, 0.25) is 0 Å². The van der Waals surface area contributed by atoms with E-state index in [1.807, 2.05) is 0 Å². The lowest BCUT2D eigenvalue weighted by Gasteiger charge is -2.27. The first-order valence-electron chi connectivity index (χ1n) is 6.63. The van der Waals surface area contributed by atoms with Crippen LogP contribution >= 0.6 is 0 Å². The first-order chi connectivity index (χ1) is 9.19. The van der Waals surface area contributed by atoms with E-state index in [0.29, 0.717) is 18.8 Å². The molecule has 7 nitrogen and oxygen atoms in total. The van der Waals surface area contributed by atoms with E-state index < -0.39 is 0 Å². The molecule has 7 heteroatoms. The number of rotatable bonds is 5. The predicted octanol–water partition coefficient (Wildman–Crippen LogP) is -0.236. The van der Waals surface area contributed by atoms with Crippen LogP contribution in [-0.4, -0.2) is 52.1 Å². The van der Waals surface area contributed by atoms with Crippen LogP contribution in [0.25, 0.3) is 0 Å². The van der Waals surface area contributed by atoms with E-state index in [4.69, 9.17) is 10.5 Å². The van der Waals surface area contributed by atoms with Crippen molar-refractivity contribution in [3.8, 4) is 0 Å². The lowest BCUT2D eigenvalue weighted by atomic mass is 10.1. The molecule has 0 radical (unpaired) electrons. The van der Waals surface area contributed by atoms with Gasteiger partial charge in [0.05, 0.1) is 18.0 Å². The summed E-state index contributed by atoms with van der Waals surface area (Å²) in [5, 5.41) is 7.72. The van der Waals surface area contributed by atoms with Gasteiger partial charge in [-0.1, -0.05) is 5.21 Å². The second-order valence-electron chi connectivity index (χ2n) is 4.87. The van der Waals surface area contributed by atoms with E-state index in [2.05, 4.69) is 10.3 Å². The van der Waals surface area contributed by atoms with E-state index in [1.165, 1.54) is 11.1 Å². The maximum Gasteiger partial charge on any atom is 0.244 e. The highest BCUT2D eigenvalue weighted by Crippen LogP contribution is 2.13. The monoisotopic (exact) mass is 267 g/mol. The van der Waals surface area contributed by atoms with E-state index in [-0.39, 0.29) is 18.6 Å². The molecule has 1 unspecified atom stereocenters. The molecule has 1 aromatic rings. The Morgan fingerprint density at radius 3 is 3.11 bits per heavy atom. The van der Waals surface area contributed by atoms with Gasteiger partial charge >= 0.3 is 0 Å². The van der Waals surface area contributed by atoms with Crippen molar-refractivity contribution in [1.82, 2.24) is 19.9 Å². The highest BCUT2D eigenvalue weighted by Gasteiger charge is 2.19. The number of hydrogen-bond donors (Lipinski definition) is 1. The molecule has 1 aromatic heterocycles. The number of aromatic nitrogens is 3. The lowest BCUT2D eigenvalue weighted by Crippen LogP contribution is -2.38. The molecule has 2 heterocycles. The molecule has 2 rings (SSSR count). The third-order valence-electron chi connectivity index (χ3n) is 3.27. The Morgan fingerprint density at radius 1 is 1.63 bits per heavy atom. The van der Waals surface area contributed by atoms with Crippen molar-refractivity contribution >= 4 is 5.91 Å². The third kappa shape index (κ3) is 4.00. The Labute approximate surface area is 112 Å². The number of carbonyl (C=O) groups excluding carboxylic acids is 1. The molecule has 0 aromatic carbocycles. The molecule has 1 fully saturated rings. The fourth-order valence-corrected chi connectivity index (χ4v) is 2.13. The van der Waals surface area contributed by atoms with Crippen LogP contribution in [0.4, 0.5) is 0 Å². The second kappa shape index (κ2) is 6.63. The van der Waals surface area contributed by atoms with Crippen LogP contribution in [0.5, 0.6) is 0 Å². The fraction of sp³-hybridized carbons (Fsp3) is 0.750. The number of nitrogens with zero attached hydrogens (tertiary/aromatic N) is 4. The summed E-state index contributed by atoms with van der Waals surface area (Å²) < 4.78 is 7.14. The van der Waals surface area contributed by atoms with Gasteiger partial charge in [-0.05, 0) is 19.3 Å². The van der Waals surface area contributed by atoms with Crippen molar-refractivity contribution in [3.63, 3.8) is 0 Å². The molecular weight excluding hydrogens is 246 g/mol. The quantitative estimate of drug-likeness (QED) is 0.796. The molecule has 0 spiro atoms. The molecule has 19 heavy (non-hydrogen) atoms. The zero-order valence-electron chi connectivity index (χ0n) is 11.3. The molecule has 1 aliphatic heterocycles. The highest BCUT2D eigenvalue weighted by molar-refractivity contribution is 5.75. The Kier molecular flexibility index (Phi) is 4.86. The molecule has 0 saturated carbocycles. The van der Waals surface area contributed by atoms with Crippen LogP contribution in [0.1, 0.15) is 25.0 Å². The van der Waals surface area contributed by atoms with Crippen LogP contribution in [-0.2, 0) is 22.6 Å². The largest absolute Gasteiger partial charge is 0.376 e. The average Bonchev–Trinajstić information content (AvgIpc) is 2.87. The van der Waals surface area contributed by atoms with Gasteiger partial charge in [0.1, 0.15) is 6.54 Å². The maximum atomic E-state index is 12.0. The molecule has 1 atom stereocenters. The summed E-state index contributed by atoms with van der Waals surface area (Å²) in [5.41, 5.74) is 6.14. The lowest BCUT2D eigenvalue weighted by molar-refractivity contribution is -0.133. The molecule has 2 N–H and O–H groups in total. The van der Waals surface area contributed by atoms with Crippen molar-refractivity contribution in [2.75, 3.05) is 20.2 Å². The van der Waals surface area contributed by atoms with Crippen LogP contribution in [0, 0.1) is 0 Å². The van der Waals surface area contributed by atoms with E-state index in [0.717, 1.165) is 19.4 Å². The standard InChI is InChI=1S/C12H21N5O2/c1-16(8-11-4-2-3-5-19-11)12(18)9-17-7-10(6-13)14-15-17/h7,11H,2-6,8-9,13H2,1H3. The zero-order valence-corrected chi connectivity index (χ0v) is 11.3. The number of hydrogen-bond acceptors (Lipinski definition) is 5. The third-order valence-corrected chi connectivity index (χ3v) is 3.27. The molecule has 106 valence electrons. The number of likely N-dealkylation sites (N-methyl/N-ethyl adjacent to an activating group) is 1. The number of nitrogens with two attached hydrogens (primary N) is 1. The Hall–Kier alpha value is -1.47. The van der Waals surface area contributed by atoms with Gasteiger partial charge in [0.2, 0.25) is 5.91 Å². The van der Waals surface area contributed by atoms with Crippen molar-refractivity contribution in [2.24, 2.45) is 5.73 Å². The van der Waals surface area contributed by atoms with Gasteiger partial charge in [0.25, 0.3) is 0 Å². The topological polar surface area (TPSA) is 86.3 Å². The molecule has 0 aliphatic carbocycles. The summed E-state index contributed by atoms with van der Waals surface area (Å²) in [4.78, 5) is 13.7. The Bertz CT molecular complexity index is 414. The summed E-state index contributed by atoms with van der Waals surface area (Å²) in [6.45, 7) is 1.96. The van der Waals surface area contributed by atoms with E-state index in [9.17, 15) is 4.79 Å². The predicted molar refractivity (Wildman–Crippen MR) is 69.1 cm³/mol.